The van der Waals surface area contributed by atoms with Gasteiger partial charge in [-0.2, -0.15) is 0 Å². The molecule has 0 spiro atoms. The fourth-order valence-electron chi connectivity index (χ4n) is 1.40. The Morgan fingerprint density at radius 1 is 1.29 bits per heavy atom. The Bertz CT molecular complexity index is 387. The van der Waals surface area contributed by atoms with Crippen molar-refractivity contribution in [2.24, 2.45) is 0 Å². The fraction of sp³-hybridized carbons (Fsp3) is 0.300. The van der Waals surface area contributed by atoms with Crippen LogP contribution in [0.2, 0.25) is 0 Å². The van der Waals surface area contributed by atoms with Gasteiger partial charge >= 0.3 is 0 Å². The van der Waals surface area contributed by atoms with E-state index in [0.29, 0.717) is 30.3 Å². The number of benzene rings is 1. The maximum Gasteiger partial charge on any atom is 0.228 e. The number of fused-ring (bicyclic) bond motifs is 1. The van der Waals surface area contributed by atoms with Crippen LogP contribution in [0.4, 0.5) is 0 Å². The molecule has 0 N–H and O–H groups in total. The lowest BCUT2D eigenvalue weighted by Crippen LogP contribution is -2.16. The summed E-state index contributed by atoms with van der Waals surface area (Å²) < 4.78 is 10.6. The topological polar surface area (TPSA) is 35.5 Å². The number of hydrogen-bond acceptors (Lipinski definition) is 3. The highest BCUT2D eigenvalue weighted by Crippen LogP contribution is 2.33. The van der Waals surface area contributed by atoms with E-state index in [2.05, 4.69) is 15.9 Å². The van der Waals surface area contributed by atoms with E-state index >= 15 is 0 Å². The van der Waals surface area contributed by atoms with Crippen LogP contribution >= 0.6 is 15.9 Å². The number of hydrogen-bond donors (Lipinski definition) is 0. The van der Waals surface area contributed by atoms with Crippen LogP contribution < -0.4 is 9.47 Å². The van der Waals surface area contributed by atoms with Gasteiger partial charge in [-0.25, -0.2) is 0 Å². The fourth-order valence-corrected chi connectivity index (χ4v) is 1.83. The molecule has 0 bridgehead atoms. The maximum atomic E-state index is 11.2. The van der Waals surface area contributed by atoms with Crippen molar-refractivity contribution in [1.82, 2.24) is 0 Å². The molecule has 74 valence electrons. The van der Waals surface area contributed by atoms with E-state index in [1.165, 1.54) is 0 Å². The first kappa shape index (κ1) is 9.52. The van der Waals surface area contributed by atoms with Crippen molar-refractivity contribution >= 4 is 20.6 Å². The number of ether oxygens (including phenoxy) is 2. The predicted molar refractivity (Wildman–Crippen MR) is 55.4 cm³/mol. The van der Waals surface area contributed by atoms with Gasteiger partial charge in [0.15, 0.2) is 11.5 Å². The van der Waals surface area contributed by atoms with E-state index in [9.17, 15) is 4.79 Å². The minimum atomic E-state index is -0.132. The van der Waals surface area contributed by atoms with Crippen LogP contribution in [0.3, 0.4) is 0 Å². The average Bonchev–Trinajstić information content (AvgIpc) is 2.16. The molecule has 0 aromatic heterocycles. The molecular formula is C10H9BrO3. The Kier molecular flexibility index (Phi) is 2.46. The maximum absolute atomic E-state index is 11.2. The van der Waals surface area contributed by atoms with Crippen LogP contribution in [0.5, 0.6) is 11.5 Å². The van der Waals surface area contributed by atoms with Crippen molar-refractivity contribution < 1.29 is 14.3 Å². The third kappa shape index (κ3) is 1.62. The molecule has 0 fully saturated rings. The van der Waals surface area contributed by atoms with Gasteiger partial charge in [0.2, 0.25) is 4.69 Å². The van der Waals surface area contributed by atoms with Crippen molar-refractivity contribution in [3.05, 3.63) is 23.3 Å². The average molecular weight is 257 g/mol. The molecule has 0 saturated carbocycles. The van der Waals surface area contributed by atoms with Crippen molar-refractivity contribution in [3.63, 3.8) is 0 Å². The molecule has 0 saturated heterocycles. The summed E-state index contributed by atoms with van der Waals surface area (Å²) in [5.41, 5.74) is 1.50. The molecule has 0 atom stereocenters. The van der Waals surface area contributed by atoms with E-state index in [-0.39, 0.29) is 4.69 Å². The van der Waals surface area contributed by atoms with Crippen LogP contribution in [-0.4, -0.2) is 17.9 Å². The van der Waals surface area contributed by atoms with Crippen LogP contribution in [-0.2, 0) is 0 Å². The van der Waals surface area contributed by atoms with E-state index in [4.69, 9.17) is 9.47 Å². The van der Waals surface area contributed by atoms with Crippen molar-refractivity contribution in [1.29, 1.82) is 0 Å². The monoisotopic (exact) mass is 256 g/mol. The third-order valence-corrected chi connectivity index (χ3v) is 2.53. The molecule has 2 rings (SSSR count). The standard InChI is InChI=1S/C10H9BrO3/c1-6-4-8-9(14-3-2-13-8)5-7(6)10(11)12/h4-5H,2-3H2,1H3. The lowest BCUT2D eigenvalue weighted by molar-refractivity contribution is 0.109. The molecule has 4 heteroatoms. The molecule has 1 aliphatic rings. The Balaban J connectivity index is 2.50. The summed E-state index contributed by atoms with van der Waals surface area (Å²) in [7, 11) is 0. The Labute approximate surface area is 90.1 Å². The molecular weight excluding hydrogens is 248 g/mol. The molecule has 1 aliphatic heterocycles. The minimum absolute atomic E-state index is 0.132. The lowest BCUT2D eigenvalue weighted by atomic mass is 10.1. The lowest BCUT2D eigenvalue weighted by Gasteiger charge is -2.19. The second-order valence-corrected chi connectivity index (χ2v) is 3.80. The Morgan fingerprint density at radius 3 is 2.43 bits per heavy atom. The second kappa shape index (κ2) is 3.61. The van der Waals surface area contributed by atoms with Gasteiger partial charge in [-0.05, 0) is 40.5 Å². The van der Waals surface area contributed by atoms with Crippen LogP contribution in [0.25, 0.3) is 0 Å². The van der Waals surface area contributed by atoms with Gasteiger partial charge in [0, 0.05) is 5.56 Å². The van der Waals surface area contributed by atoms with E-state index in [0.717, 1.165) is 5.56 Å². The highest BCUT2D eigenvalue weighted by Gasteiger charge is 2.16. The summed E-state index contributed by atoms with van der Waals surface area (Å²) in [5, 5.41) is 0. The molecule has 0 aliphatic carbocycles. The molecule has 1 aromatic rings. The van der Waals surface area contributed by atoms with E-state index in [1.54, 1.807) is 6.07 Å². The van der Waals surface area contributed by atoms with Crippen molar-refractivity contribution in [3.8, 4) is 11.5 Å². The van der Waals surface area contributed by atoms with Crippen LogP contribution in [0.1, 0.15) is 15.9 Å². The number of carbonyl (C=O) groups excluding carboxylic acids is 1. The van der Waals surface area contributed by atoms with Gasteiger partial charge in [-0.3, -0.25) is 4.79 Å². The van der Waals surface area contributed by atoms with Crippen LogP contribution in [0.15, 0.2) is 12.1 Å². The summed E-state index contributed by atoms with van der Waals surface area (Å²) >= 11 is 2.93. The number of halogens is 1. The van der Waals surface area contributed by atoms with E-state index < -0.39 is 0 Å². The molecule has 14 heavy (non-hydrogen) atoms. The quantitative estimate of drug-likeness (QED) is 0.724. The van der Waals surface area contributed by atoms with Crippen LogP contribution in [0, 0.1) is 6.92 Å². The highest BCUT2D eigenvalue weighted by molar-refractivity contribution is 9.18. The molecule has 0 radical (unpaired) electrons. The van der Waals surface area contributed by atoms with Gasteiger partial charge < -0.3 is 9.47 Å². The normalized spacial score (nSPS) is 13.9. The summed E-state index contributed by atoms with van der Waals surface area (Å²) in [6.07, 6.45) is 0. The zero-order chi connectivity index (χ0) is 10.1. The van der Waals surface area contributed by atoms with Gasteiger partial charge in [0.05, 0.1) is 0 Å². The first-order chi connectivity index (χ1) is 6.68. The Hall–Kier alpha value is -1.03. The summed E-state index contributed by atoms with van der Waals surface area (Å²) in [6.45, 7) is 2.97. The largest absolute Gasteiger partial charge is 0.486 e. The third-order valence-electron chi connectivity index (χ3n) is 2.10. The minimum Gasteiger partial charge on any atom is -0.486 e. The Morgan fingerprint density at radius 2 is 1.86 bits per heavy atom. The zero-order valence-corrected chi connectivity index (χ0v) is 9.26. The first-order valence-corrected chi connectivity index (χ1v) is 5.08. The number of rotatable bonds is 1. The SMILES string of the molecule is Cc1cc2c(cc1C(=O)Br)OCCO2. The molecule has 0 amide bonds. The predicted octanol–water partition coefficient (Wildman–Crippen LogP) is 2.30. The van der Waals surface area contributed by atoms with Gasteiger partial charge in [-0.1, -0.05) is 0 Å². The van der Waals surface area contributed by atoms with E-state index in [1.807, 2.05) is 13.0 Å². The smallest absolute Gasteiger partial charge is 0.228 e. The van der Waals surface area contributed by atoms with Gasteiger partial charge in [0.1, 0.15) is 13.2 Å². The zero-order valence-electron chi connectivity index (χ0n) is 7.67. The molecule has 1 aromatic carbocycles. The number of carbonyl (C=O) groups is 1. The first-order valence-electron chi connectivity index (χ1n) is 4.28. The van der Waals surface area contributed by atoms with Gasteiger partial charge in [-0.15, -0.1) is 0 Å². The summed E-state index contributed by atoms with van der Waals surface area (Å²) in [5.74, 6) is 1.36. The second-order valence-electron chi connectivity index (χ2n) is 3.08. The van der Waals surface area contributed by atoms with Crippen molar-refractivity contribution in [2.75, 3.05) is 13.2 Å². The summed E-state index contributed by atoms with van der Waals surface area (Å²) in [4.78, 5) is 11.2. The highest BCUT2D eigenvalue weighted by atomic mass is 79.9. The summed E-state index contributed by atoms with van der Waals surface area (Å²) in [6, 6.07) is 3.53. The van der Waals surface area contributed by atoms with Gasteiger partial charge in [0.25, 0.3) is 0 Å². The van der Waals surface area contributed by atoms with Crippen molar-refractivity contribution in [2.45, 2.75) is 6.92 Å². The number of aryl methyl sites for hydroxylation is 1. The molecule has 1 heterocycles. The molecule has 3 nitrogen and oxygen atoms in total. The molecule has 0 unspecified atom stereocenters.